The zero-order chi connectivity index (χ0) is 16.7. The van der Waals surface area contributed by atoms with Gasteiger partial charge in [-0.25, -0.2) is 4.79 Å². The Labute approximate surface area is 140 Å². The van der Waals surface area contributed by atoms with Gasteiger partial charge in [0.05, 0.1) is 11.7 Å². The zero-order valence-corrected chi connectivity index (χ0v) is 13.7. The lowest BCUT2D eigenvalue weighted by Gasteiger charge is -2.38. The summed E-state index contributed by atoms with van der Waals surface area (Å²) in [7, 11) is 0. The van der Waals surface area contributed by atoms with E-state index in [2.05, 4.69) is 28.5 Å². The zero-order valence-electron chi connectivity index (χ0n) is 13.7. The van der Waals surface area contributed by atoms with Crippen molar-refractivity contribution in [1.29, 1.82) is 0 Å². The van der Waals surface area contributed by atoms with E-state index in [1.807, 2.05) is 0 Å². The van der Waals surface area contributed by atoms with Gasteiger partial charge in [0.25, 0.3) is 0 Å². The van der Waals surface area contributed by atoms with Crippen molar-refractivity contribution in [3.05, 3.63) is 22.5 Å². The van der Waals surface area contributed by atoms with Gasteiger partial charge in [-0.05, 0) is 24.5 Å². The lowest BCUT2D eigenvalue weighted by Crippen LogP contribution is -2.51. The van der Waals surface area contributed by atoms with E-state index in [9.17, 15) is 9.90 Å². The number of hydrogen-bond acceptors (Lipinski definition) is 5. The number of ether oxygens (including phenoxy) is 2. The molecule has 7 heteroatoms. The van der Waals surface area contributed by atoms with Crippen molar-refractivity contribution in [3.63, 3.8) is 0 Å². The van der Waals surface area contributed by atoms with Gasteiger partial charge in [0.2, 0.25) is 0 Å². The fourth-order valence-electron chi connectivity index (χ4n) is 4.07. The Bertz CT molecular complexity index is 663. The maximum absolute atomic E-state index is 11.8. The van der Waals surface area contributed by atoms with Crippen LogP contribution >= 0.6 is 0 Å². The average Bonchev–Trinajstić information content (AvgIpc) is 3.01. The molecule has 24 heavy (non-hydrogen) atoms. The highest BCUT2D eigenvalue weighted by Crippen LogP contribution is 2.41. The first-order valence-corrected chi connectivity index (χ1v) is 8.64. The summed E-state index contributed by atoms with van der Waals surface area (Å²) in [5.41, 5.74) is 4.31. The predicted octanol–water partition coefficient (Wildman–Crippen LogP) is 1.66. The van der Waals surface area contributed by atoms with Gasteiger partial charge in [0, 0.05) is 49.3 Å². The van der Waals surface area contributed by atoms with Crippen LogP contribution in [0.1, 0.15) is 55.0 Å². The average molecular weight is 333 g/mol. The molecule has 3 aliphatic rings. The number of rotatable bonds is 3. The molecular formula is C17H23N3O4. The monoisotopic (exact) mass is 333 g/mol. The number of aromatic nitrogens is 2. The predicted molar refractivity (Wildman–Crippen MR) is 86.7 cm³/mol. The van der Waals surface area contributed by atoms with E-state index in [4.69, 9.17) is 9.47 Å². The number of aliphatic hydroxyl groups excluding tert-OH is 1. The van der Waals surface area contributed by atoms with Gasteiger partial charge in [-0.1, -0.05) is 6.92 Å². The van der Waals surface area contributed by atoms with Crippen molar-refractivity contribution in [2.45, 2.75) is 50.2 Å². The summed E-state index contributed by atoms with van der Waals surface area (Å²) in [6, 6.07) is -0.113. The molecular weight excluding hydrogens is 310 g/mol. The highest BCUT2D eigenvalue weighted by Gasteiger charge is 2.41. The van der Waals surface area contributed by atoms with Crippen molar-refractivity contribution in [3.8, 4) is 0 Å². The minimum absolute atomic E-state index is 0.0124. The number of fused-ring (bicyclic) bond motifs is 2. The summed E-state index contributed by atoms with van der Waals surface area (Å²) in [5.74, 6) is 0.491. The van der Waals surface area contributed by atoms with E-state index in [0.29, 0.717) is 12.3 Å². The maximum atomic E-state index is 11.8. The molecule has 0 spiro atoms. The maximum Gasteiger partial charge on any atom is 0.408 e. The molecule has 0 radical (unpaired) electrons. The minimum atomic E-state index is -0.421. The van der Waals surface area contributed by atoms with E-state index in [0.717, 1.165) is 48.6 Å². The van der Waals surface area contributed by atoms with Crippen LogP contribution < -0.4 is 5.32 Å². The summed E-state index contributed by atoms with van der Waals surface area (Å²) in [4.78, 5) is 11.8. The van der Waals surface area contributed by atoms with Crippen molar-refractivity contribution in [2.75, 3.05) is 19.8 Å². The number of nitrogens with one attached hydrogen (secondary N) is 2. The van der Waals surface area contributed by atoms with E-state index in [1.165, 1.54) is 0 Å². The molecule has 130 valence electrons. The smallest absolute Gasteiger partial charge is 0.408 e. The molecule has 2 saturated heterocycles. The number of hydrogen-bond donors (Lipinski definition) is 3. The van der Waals surface area contributed by atoms with Crippen LogP contribution in [0.2, 0.25) is 0 Å². The number of aromatic amines is 1. The van der Waals surface area contributed by atoms with Crippen molar-refractivity contribution < 1.29 is 19.4 Å². The summed E-state index contributed by atoms with van der Waals surface area (Å²) < 4.78 is 10.9. The Morgan fingerprint density at radius 2 is 2.17 bits per heavy atom. The molecule has 4 rings (SSSR count). The number of H-pyrrole nitrogens is 1. The number of cyclic esters (lactones) is 1. The first-order valence-electron chi connectivity index (χ1n) is 8.64. The summed E-state index contributed by atoms with van der Waals surface area (Å²) in [6.07, 6.45) is 3.69. The lowest BCUT2D eigenvalue weighted by atomic mass is 9.78. The fourth-order valence-corrected chi connectivity index (χ4v) is 4.07. The van der Waals surface area contributed by atoms with Gasteiger partial charge < -0.3 is 19.9 Å². The molecule has 1 aliphatic carbocycles. The van der Waals surface area contributed by atoms with Gasteiger partial charge in [-0.2, -0.15) is 5.10 Å². The van der Waals surface area contributed by atoms with E-state index in [-0.39, 0.29) is 24.7 Å². The van der Waals surface area contributed by atoms with Gasteiger partial charge in [-0.15, -0.1) is 0 Å². The van der Waals surface area contributed by atoms with Crippen LogP contribution in [0.4, 0.5) is 4.79 Å². The Kier molecular flexibility index (Phi) is 4.05. The van der Waals surface area contributed by atoms with Crippen LogP contribution in [0.25, 0.3) is 6.08 Å². The second kappa shape index (κ2) is 6.22. The quantitative estimate of drug-likeness (QED) is 0.782. The van der Waals surface area contributed by atoms with Crippen LogP contribution in [0.3, 0.4) is 0 Å². The third kappa shape index (κ3) is 2.52. The van der Waals surface area contributed by atoms with Gasteiger partial charge in [-0.3, -0.25) is 5.10 Å². The fraction of sp³-hybridized carbons (Fsp3) is 0.647. The molecule has 3 N–H and O–H groups in total. The van der Waals surface area contributed by atoms with E-state index in [1.54, 1.807) is 0 Å². The Morgan fingerprint density at radius 3 is 2.92 bits per heavy atom. The lowest BCUT2D eigenvalue weighted by molar-refractivity contribution is 0.0742. The molecule has 3 unspecified atom stereocenters. The van der Waals surface area contributed by atoms with Crippen LogP contribution in [-0.2, 0) is 9.47 Å². The summed E-state index contributed by atoms with van der Waals surface area (Å²) >= 11 is 0. The van der Waals surface area contributed by atoms with Crippen LogP contribution in [0.15, 0.2) is 5.57 Å². The third-order valence-corrected chi connectivity index (χ3v) is 5.38. The molecule has 3 atom stereocenters. The molecule has 2 fully saturated rings. The normalized spacial score (nSPS) is 30.0. The van der Waals surface area contributed by atoms with Crippen LogP contribution in [-0.4, -0.2) is 53.4 Å². The van der Waals surface area contributed by atoms with Crippen molar-refractivity contribution in [1.82, 2.24) is 15.5 Å². The number of nitrogens with zero attached hydrogens (tertiary/aromatic N) is 1. The summed E-state index contributed by atoms with van der Waals surface area (Å²) in [6.45, 7) is 3.62. The molecule has 3 heterocycles. The molecule has 0 saturated carbocycles. The van der Waals surface area contributed by atoms with E-state index >= 15 is 0 Å². The summed E-state index contributed by atoms with van der Waals surface area (Å²) in [5, 5.41) is 20.0. The van der Waals surface area contributed by atoms with Gasteiger partial charge in [0.1, 0.15) is 6.10 Å². The number of amides is 1. The Balaban J connectivity index is 1.73. The highest BCUT2D eigenvalue weighted by atomic mass is 16.6. The first kappa shape index (κ1) is 15.7. The second-order valence-corrected chi connectivity index (χ2v) is 6.78. The molecule has 0 aromatic carbocycles. The Hall–Kier alpha value is -1.86. The van der Waals surface area contributed by atoms with E-state index < -0.39 is 6.09 Å². The molecule has 1 aromatic heterocycles. The molecule has 1 aromatic rings. The highest BCUT2D eigenvalue weighted by molar-refractivity contribution is 5.75. The SMILES string of the molecule is CC1c2[nH]nc(C3CCOCC3)c2C=C2C(CCO)OC(=O)NC21. The van der Waals surface area contributed by atoms with Crippen molar-refractivity contribution >= 4 is 12.2 Å². The van der Waals surface area contributed by atoms with Crippen molar-refractivity contribution in [2.24, 2.45) is 0 Å². The molecule has 1 amide bonds. The largest absolute Gasteiger partial charge is 0.442 e. The standard InChI is InChI=1S/C17H23N3O4/c1-9-14-11(13(2-5-21)24-17(22)18-14)8-12-15(9)19-20-16(12)10-3-6-23-7-4-10/h8-10,13-14,21H,2-7H2,1H3,(H,18,22)(H,19,20). The molecule has 7 nitrogen and oxygen atoms in total. The Morgan fingerprint density at radius 1 is 1.38 bits per heavy atom. The first-order chi connectivity index (χ1) is 11.7. The topological polar surface area (TPSA) is 96.5 Å². The third-order valence-electron chi connectivity index (χ3n) is 5.38. The second-order valence-electron chi connectivity index (χ2n) is 6.78. The number of alkyl carbamates (subject to hydrolysis) is 1. The molecule has 2 aliphatic heterocycles. The number of carbonyl (C=O) groups excluding carboxylic acids is 1. The van der Waals surface area contributed by atoms with Crippen LogP contribution in [0, 0.1) is 0 Å². The van der Waals surface area contributed by atoms with Crippen LogP contribution in [0.5, 0.6) is 0 Å². The molecule has 0 bridgehead atoms. The number of carbonyl (C=O) groups is 1. The minimum Gasteiger partial charge on any atom is -0.442 e. The number of aliphatic hydroxyl groups is 1. The van der Waals surface area contributed by atoms with Gasteiger partial charge in [0.15, 0.2) is 0 Å². The van der Waals surface area contributed by atoms with Gasteiger partial charge >= 0.3 is 6.09 Å².